The smallest absolute Gasteiger partial charge is 0.407 e. The minimum absolute atomic E-state index is 0.0472. The van der Waals surface area contributed by atoms with E-state index in [1.54, 1.807) is 0 Å². The zero-order chi connectivity index (χ0) is 22.4. The van der Waals surface area contributed by atoms with Gasteiger partial charge in [0.25, 0.3) is 0 Å². The normalized spacial score (nSPS) is 13.1. The monoisotopic (exact) mass is 428 g/mol. The zero-order valence-electron chi connectivity index (χ0n) is 17.2. The number of benzene rings is 2. The fourth-order valence-electron chi connectivity index (χ4n) is 3.83. The number of halogens is 1. The van der Waals surface area contributed by atoms with Crippen LogP contribution in [0.25, 0.3) is 11.1 Å². The maximum absolute atomic E-state index is 12.5. The number of carboxylic acids is 1. The Bertz CT molecular complexity index is 919. The number of hydrogen-bond acceptors (Lipinski definition) is 4. The molecule has 1 unspecified atom stereocenters. The zero-order valence-corrected chi connectivity index (χ0v) is 17.2. The van der Waals surface area contributed by atoms with Gasteiger partial charge < -0.3 is 20.1 Å². The van der Waals surface area contributed by atoms with Gasteiger partial charge in [0.05, 0.1) is 13.1 Å². The molecule has 0 heterocycles. The molecule has 2 amide bonds. The first-order valence-electron chi connectivity index (χ1n) is 10.1. The highest BCUT2D eigenvalue weighted by Gasteiger charge is 2.31. The molecule has 3 rings (SSSR count). The van der Waals surface area contributed by atoms with Crippen LogP contribution >= 0.6 is 0 Å². The Morgan fingerprint density at radius 2 is 1.68 bits per heavy atom. The molecule has 7 nitrogen and oxygen atoms in total. The Labute approximate surface area is 179 Å². The van der Waals surface area contributed by atoms with E-state index >= 15 is 0 Å². The summed E-state index contributed by atoms with van der Waals surface area (Å²) in [5.74, 6) is -2.00. The molecule has 1 atom stereocenters. The lowest BCUT2D eigenvalue weighted by atomic mass is 9.98. The number of carbonyl (C=O) groups excluding carboxylic acids is 2. The maximum atomic E-state index is 12.5. The fourth-order valence-corrected chi connectivity index (χ4v) is 3.83. The Kier molecular flexibility index (Phi) is 7.23. The van der Waals surface area contributed by atoms with Crippen LogP contribution in [0.1, 0.15) is 29.9 Å². The minimum Gasteiger partial charge on any atom is -0.481 e. The summed E-state index contributed by atoms with van der Waals surface area (Å²) in [4.78, 5) is 37.2. The number of alkyl carbamates (subject to hydrolysis) is 1. The second-order valence-corrected chi connectivity index (χ2v) is 7.42. The van der Waals surface area contributed by atoms with Crippen molar-refractivity contribution in [2.75, 3.05) is 26.9 Å². The maximum Gasteiger partial charge on any atom is 0.407 e. The van der Waals surface area contributed by atoms with Gasteiger partial charge in [-0.1, -0.05) is 48.5 Å². The average Bonchev–Trinajstić information content (AvgIpc) is 3.08. The van der Waals surface area contributed by atoms with Crippen molar-refractivity contribution in [2.24, 2.45) is 0 Å². The largest absolute Gasteiger partial charge is 0.481 e. The molecule has 0 radical (unpaired) electrons. The van der Waals surface area contributed by atoms with Crippen molar-refractivity contribution in [3.8, 4) is 11.1 Å². The van der Waals surface area contributed by atoms with Crippen LogP contribution in [0.5, 0.6) is 0 Å². The average molecular weight is 428 g/mol. The van der Waals surface area contributed by atoms with Crippen LogP contribution in [-0.4, -0.2) is 60.9 Å². The van der Waals surface area contributed by atoms with Crippen LogP contribution in [0.2, 0.25) is 0 Å². The first-order chi connectivity index (χ1) is 14.9. The molecule has 164 valence electrons. The molecule has 2 aromatic rings. The van der Waals surface area contributed by atoms with E-state index in [1.165, 1.54) is 11.9 Å². The Morgan fingerprint density at radius 3 is 2.23 bits per heavy atom. The van der Waals surface area contributed by atoms with Gasteiger partial charge in [-0.2, -0.15) is 0 Å². The summed E-state index contributed by atoms with van der Waals surface area (Å²) in [5.41, 5.74) is 4.25. The van der Waals surface area contributed by atoms with Gasteiger partial charge in [-0.05, 0) is 28.7 Å². The molecule has 1 aliphatic rings. The van der Waals surface area contributed by atoms with Crippen molar-refractivity contribution in [1.29, 1.82) is 0 Å². The SMILES string of the molecule is CN(CCCF)C(=O)C(CC(=O)O)NC(=O)OCC1c2ccccc2-c2ccccc21. The van der Waals surface area contributed by atoms with Gasteiger partial charge in [-0.15, -0.1) is 0 Å². The molecule has 0 saturated heterocycles. The molecule has 0 spiro atoms. The lowest BCUT2D eigenvalue weighted by Crippen LogP contribution is -2.49. The van der Waals surface area contributed by atoms with E-state index in [4.69, 9.17) is 9.84 Å². The van der Waals surface area contributed by atoms with Crippen molar-refractivity contribution in [3.05, 3.63) is 59.7 Å². The number of likely N-dealkylation sites (N-methyl/N-ethyl adjacent to an activating group) is 1. The molecular formula is C23H25FN2O5. The summed E-state index contributed by atoms with van der Waals surface area (Å²) in [5, 5.41) is 11.5. The van der Waals surface area contributed by atoms with Gasteiger partial charge >= 0.3 is 12.1 Å². The van der Waals surface area contributed by atoms with Gasteiger partial charge in [0.15, 0.2) is 0 Å². The number of ether oxygens (including phenoxy) is 1. The van der Waals surface area contributed by atoms with Crippen molar-refractivity contribution >= 4 is 18.0 Å². The number of carboxylic acid groups (broad SMARTS) is 1. The van der Waals surface area contributed by atoms with E-state index in [0.29, 0.717) is 0 Å². The molecular weight excluding hydrogens is 403 g/mol. The number of alkyl halides is 1. The highest BCUT2D eigenvalue weighted by molar-refractivity contribution is 5.89. The van der Waals surface area contributed by atoms with Gasteiger partial charge in [0.1, 0.15) is 12.6 Å². The standard InChI is InChI=1S/C23H25FN2O5/c1-26(12-6-11-24)22(29)20(13-21(27)28)25-23(30)31-14-19-17-9-4-2-7-15(17)16-8-3-5-10-18(16)19/h2-5,7-10,19-20H,6,11-14H2,1H3,(H,25,30)(H,27,28). The van der Waals surface area contributed by atoms with Crippen LogP contribution in [-0.2, 0) is 14.3 Å². The van der Waals surface area contributed by atoms with E-state index < -0.39 is 37.1 Å². The predicted octanol–water partition coefficient (Wildman–Crippen LogP) is 3.19. The van der Waals surface area contributed by atoms with Crippen LogP contribution in [0.3, 0.4) is 0 Å². The van der Waals surface area contributed by atoms with E-state index in [9.17, 15) is 18.8 Å². The van der Waals surface area contributed by atoms with Crippen molar-refractivity contribution in [3.63, 3.8) is 0 Å². The molecule has 2 N–H and O–H groups in total. The number of nitrogens with zero attached hydrogens (tertiary/aromatic N) is 1. The number of amides is 2. The molecule has 0 fully saturated rings. The molecule has 0 bridgehead atoms. The van der Waals surface area contributed by atoms with Gasteiger partial charge in [-0.25, -0.2) is 4.79 Å². The number of fused-ring (bicyclic) bond motifs is 3. The number of rotatable bonds is 9. The molecule has 1 aliphatic carbocycles. The summed E-state index contributed by atoms with van der Waals surface area (Å²) in [6, 6.07) is 14.5. The van der Waals surface area contributed by atoms with Crippen molar-refractivity contribution in [2.45, 2.75) is 24.8 Å². The number of carbonyl (C=O) groups is 3. The number of nitrogens with one attached hydrogen (secondary N) is 1. The second kappa shape index (κ2) is 10.1. The predicted molar refractivity (Wildman–Crippen MR) is 112 cm³/mol. The van der Waals surface area contributed by atoms with Crippen molar-refractivity contribution in [1.82, 2.24) is 10.2 Å². The molecule has 2 aromatic carbocycles. The highest BCUT2D eigenvalue weighted by Crippen LogP contribution is 2.44. The van der Waals surface area contributed by atoms with Crippen LogP contribution in [0.4, 0.5) is 9.18 Å². The second-order valence-electron chi connectivity index (χ2n) is 7.42. The molecule has 0 aliphatic heterocycles. The third-order valence-corrected chi connectivity index (χ3v) is 5.32. The van der Waals surface area contributed by atoms with E-state index in [1.807, 2.05) is 48.5 Å². The van der Waals surface area contributed by atoms with Gasteiger partial charge in [0, 0.05) is 19.5 Å². The summed E-state index contributed by atoms with van der Waals surface area (Å²) in [6.45, 7) is -0.426. The number of hydrogen-bond donors (Lipinski definition) is 2. The Morgan fingerprint density at radius 1 is 1.10 bits per heavy atom. The molecule has 0 saturated carbocycles. The van der Waals surface area contributed by atoms with E-state index in [-0.39, 0.29) is 25.5 Å². The van der Waals surface area contributed by atoms with Crippen LogP contribution < -0.4 is 5.32 Å². The van der Waals surface area contributed by atoms with E-state index in [0.717, 1.165) is 22.3 Å². The summed E-state index contributed by atoms with van der Waals surface area (Å²) in [7, 11) is 1.44. The Balaban J connectivity index is 1.66. The first-order valence-corrected chi connectivity index (χ1v) is 10.1. The third-order valence-electron chi connectivity index (χ3n) is 5.32. The highest BCUT2D eigenvalue weighted by atomic mass is 19.1. The molecule has 31 heavy (non-hydrogen) atoms. The molecule has 8 heteroatoms. The van der Waals surface area contributed by atoms with Crippen LogP contribution in [0, 0.1) is 0 Å². The summed E-state index contributed by atoms with van der Waals surface area (Å²) in [6.07, 6.45) is -1.34. The quantitative estimate of drug-likeness (QED) is 0.640. The van der Waals surface area contributed by atoms with Crippen molar-refractivity contribution < 1.29 is 28.6 Å². The van der Waals surface area contributed by atoms with Gasteiger partial charge in [0.2, 0.25) is 5.91 Å². The lowest BCUT2D eigenvalue weighted by molar-refractivity contribution is -0.142. The summed E-state index contributed by atoms with van der Waals surface area (Å²) < 4.78 is 17.8. The van der Waals surface area contributed by atoms with E-state index in [2.05, 4.69) is 5.32 Å². The lowest BCUT2D eigenvalue weighted by Gasteiger charge is -2.23. The third kappa shape index (κ3) is 5.20. The van der Waals surface area contributed by atoms with Crippen LogP contribution in [0.15, 0.2) is 48.5 Å². The summed E-state index contributed by atoms with van der Waals surface area (Å²) >= 11 is 0. The number of aliphatic carboxylic acids is 1. The van der Waals surface area contributed by atoms with Gasteiger partial charge in [-0.3, -0.25) is 14.0 Å². The molecule has 0 aromatic heterocycles. The fraction of sp³-hybridized carbons (Fsp3) is 0.348. The Hall–Kier alpha value is -3.42. The minimum atomic E-state index is -1.29. The first kappa shape index (κ1) is 22.3. The topological polar surface area (TPSA) is 95.9 Å².